The number of amides is 1. The highest BCUT2D eigenvalue weighted by Crippen LogP contribution is 2.22. The average Bonchev–Trinajstić information content (AvgIpc) is 3.22. The Morgan fingerprint density at radius 3 is 2.87 bits per heavy atom. The van der Waals surface area contributed by atoms with Gasteiger partial charge < -0.3 is 14.8 Å². The Bertz CT molecular complexity index is 673. The molecule has 0 saturated carbocycles. The number of carbonyl (C=O) groups is 1. The normalized spacial score (nSPS) is 17.2. The monoisotopic (exact) mass is 315 g/mol. The summed E-state index contributed by atoms with van der Waals surface area (Å²) in [5, 5.41) is 7.20. The molecule has 1 aliphatic rings. The molecule has 1 aliphatic heterocycles. The molecule has 6 heteroatoms. The molecule has 1 fully saturated rings. The molecule has 1 unspecified atom stereocenters. The van der Waals surface area contributed by atoms with Gasteiger partial charge in [-0.3, -0.25) is 9.48 Å². The lowest BCUT2D eigenvalue weighted by Gasteiger charge is -2.09. The molecule has 1 amide bonds. The van der Waals surface area contributed by atoms with Crippen molar-refractivity contribution in [1.82, 2.24) is 15.1 Å². The van der Waals surface area contributed by atoms with Crippen LogP contribution in [0.2, 0.25) is 0 Å². The van der Waals surface area contributed by atoms with E-state index >= 15 is 0 Å². The highest BCUT2D eigenvalue weighted by atomic mass is 16.5. The second-order valence-corrected chi connectivity index (χ2v) is 5.61. The van der Waals surface area contributed by atoms with Crippen LogP contribution < -0.4 is 10.1 Å². The van der Waals surface area contributed by atoms with E-state index in [-0.39, 0.29) is 12.0 Å². The van der Waals surface area contributed by atoms with Crippen molar-refractivity contribution in [3.05, 3.63) is 36.0 Å². The Balaban J connectivity index is 1.70. The van der Waals surface area contributed by atoms with Gasteiger partial charge in [0.25, 0.3) is 5.91 Å². The summed E-state index contributed by atoms with van der Waals surface area (Å²) in [5.74, 6) is 0.626. The molecule has 0 radical (unpaired) electrons. The van der Waals surface area contributed by atoms with E-state index in [2.05, 4.69) is 10.4 Å². The summed E-state index contributed by atoms with van der Waals surface area (Å²) in [4.78, 5) is 12.2. The van der Waals surface area contributed by atoms with Crippen molar-refractivity contribution in [2.24, 2.45) is 7.05 Å². The number of nitrogens with zero attached hydrogens (tertiary/aromatic N) is 2. The number of nitrogens with one attached hydrogen (secondary N) is 1. The summed E-state index contributed by atoms with van der Waals surface area (Å²) in [6.07, 6.45) is 2.19. The molecule has 1 aromatic carbocycles. The van der Waals surface area contributed by atoms with Gasteiger partial charge in [0.1, 0.15) is 5.75 Å². The number of hydrogen-bond acceptors (Lipinski definition) is 4. The third-order valence-corrected chi connectivity index (χ3v) is 4.01. The fourth-order valence-electron chi connectivity index (χ4n) is 2.71. The minimum Gasteiger partial charge on any atom is -0.497 e. The summed E-state index contributed by atoms with van der Waals surface area (Å²) in [5.41, 5.74) is 2.28. The number of aryl methyl sites for hydroxylation is 1. The zero-order valence-electron chi connectivity index (χ0n) is 13.4. The molecule has 1 N–H and O–H groups in total. The van der Waals surface area contributed by atoms with Crippen molar-refractivity contribution >= 4 is 5.91 Å². The second kappa shape index (κ2) is 6.83. The van der Waals surface area contributed by atoms with Crippen molar-refractivity contribution < 1.29 is 14.3 Å². The van der Waals surface area contributed by atoms with Crippen LogP contribution in [0.3, 0.4) is 0 Å². The van der Waals surface area contributed by atoms with Crippen LogP contribution in [0.5, 0.6) is 5.75 Å². The van der Waals surface area contributed by atoms with Crippen molar-refractivity contribution in [2.45, 2.75) is 18.9 Å². The molecule has 3 rings (SSSR count). The molecule has 122 valence electrons. The lowest BCUT2D eigenvalue weighted by molar-refractivity contribution is 0.0853. The van der Waals surface area contributed by atoms with Crippen LogP contribution in [0, 0.1) is 0 Å². The zero-order valence-corrected chi connectivity index (χ0v) is 13.4. The smallest absolute Gasteiger partial charge is 0.271 e. The summed E-state index contributed by atoms with van der Waals surface area (Å²) in [6.45, 7) is 1.32. The first-order valence-electron chi connectivity index (χ1n) is 7.75. The first-order chi connectivity index (χ1) is 11.2. The molecule has 2 aromatic rings. The summed E-state index contributed by atoms with van der Waals surface area (Å²) in [6, 6.07) is 9.47. The molecule has 0 spiro atoms. The van der Waals surface area contributed by atoms with Crippen LogP contribution in [0.25, 0.3) is 11.3 Å². The molecular weight excluding hydrogens is 294 g/mol. The van der Waals surface area contributed by atoms with E-state index in [1.165, 1.54) is 0 Å². The first kappa shape index (κ1) is 15.6. The Kier molecular flexibility index (Phi) is 4.62. The van der Waals surface area contributed by atoms with Gasteiger partial charge in [0.15, 0.2) is 5.69 Å². The fraction of sp³-hybridized carbons (Fsp3) is 0.412. The predicted molar refractivity (Wildman–Crippen MR) is 86.5 cm³/mol. The highest BCUT2D eigenvalue weighted by Gasteiger charge is 2.18. The third kappa shape index (κ3) is 3.53. The van der Waals surface area contributed by atoms with Crippen LogP contribution in [0.15, 0.2) is 30.3 Å². The SMILES string of the molecule is COc1ccc(-c2cc(C(=O)NCC3CCCO3)nn2C)cc1. The van der Waals surface area contributed by atoms with E-state index < -0.39 is 0 Å². The maximum absolute atomic E-state index is 12.2. The molecule has 1 aromatic heterocycles. The Morgan fingerprint density at radius 2 is 2.22 bits per heavy atom. The van der Waals surface area contributed by atoms with Gasteiger partial charge in [0.05, 0.1) is 18.9 Å². The van der Waals surface area contributed by atoms with E-state index in [1.807, 2.05) is 31.3 Å². The van der Waals surface area contributed by atoms with Gasteiger partial charge in [-0.2, -0.15) is 5.10 Å². The quantitative estimate of drug-likeness (QED) is 0.916. The Labute approximate surface area is 135 Å². The molecule has 0 bridgehead atoms. The number of aromatic nitrogens is 2. The number of rotatable bonds is 5. The van der Waals surface area contributed by atoms with Gasteiger partial charge in [-0.05, 0) is 43.2 Å². The van der Waals surface area contributed by atoms with Crippen molar-refractivity contribution in [2.75, 3.05) is 20.3 Å². The molecule has 2 heterocycles. The maximum atomic E-state index is 12.2. The summed E-state index contributed by atoms with van der Waals surface area (Å²) >= 11 is 0. The van der Waals surface area contributed by atoms with Crippen LogP contribution >= 0.6 is 0 Å². The van der Waals surface area contributed by atoms with Crippen LogP contribution in [-0.2, 0) is 11.8 Å². The Morgan fingerprint density at radius 1 is 1.43 bits per heavy atom. The van der Waals surface area contributed by atoms with Gasteiger partial charge >= 0.3 is 0 Å². The first-order valence-corrected chi connectivity index (χ1v) is 7.75. The van der Waals surface area contributed by atoms with Crippen molar-refractivity contribution in [1.29, 1.82) is 0 Å². The minimum absolute atomic E-state index is 0.128. The summed E-state index contributed by atoms with van der Waals surface area (Å²) in [7, 11) is 3.46. The second-order valence-electron chi connectivity index (χ2n) is 5.61. The molecule has 0 aliphatic carbocycles. The predicted octanol–water partition coefficient (Wildman–Crippen LogP) is 2.00. The Hall–Kier alpha value is -2.34. The van der Waals surface area contributed by atoms with E-state index in [9.17, 15) is 4.79 Å². The number of methoxy groups -OCH3 is 1. The van der Waals surface area contributed by atoms with E-state index in [0.29, 0.717) is 12.2 Å². The average molecular weight is 315 g/mol. The fourth-order valence-corrected chi connectivity index (χ4v) is 2.71. The summed E-state index contributed by atoms with van der Waals surface area (Å²) < 4.78 is 12.4. The van der Waals surface area contributed by atoms with Crippen LogP contribution in [-0.4, -0.2) is 42.1 Å². The lowest BCUT2D eigenvalue weighted by Crippen LogP contribution is -2.32. The van der Waals surface area contributed by atoms with Gasteiger partial charge in [-0.1, -0.05) is 0 Å². The number of hydrogen-bond donors (Lipinski definition) is 1. The molecular formula is C17H21N3O3. The number of ether oxygens (including phenoxy) is 2. The minimum atomic E-state index is -0.170. The zero-order chi connectivity index (χ0) is 16.2. The molecule has 6 nitrogen and oxygen atoms in total. The highest BCUT2D eigenvalue weighted by molar-refractivity contribution is 5.93. The van der Waals surface area contributed by atoms with Crippen molar-refractivity contribution in [3.8, 4) is 17.0 Å². The van der Waals surface area contributed by atoms with Gasteiger partial charge in [-0.15, -0.1) is 0 Å². The number of benzene rings is 1. The van der Waals surface area contributed by atoms with Gasteiger partial charge in [0.2, 0.25) is 0 Å². The van der Waals surface area contributed by atoms with Crippen LogP contribution in [0.4, 0.5) is 0 Å². The van der Waals surface area contributed by atoms with Gasteiger partial charge in [-0.25, -0.2) is 0 Å². The van der Waals surface area contributed by atoms with E-state index in [1.54, 1.807) is 17.9 Å². The largest absolute Gasteiger partial charge is 0.497 e. The third-order valence-electron chi connectivity index (χ3n) is 4.01. The standard InChI is InChI=1S/C17H21N3O3/c1-20-16(12-5-7-13(22-2)8-6-12)10-15(19-20)17(21)18-11-14-4-3-9-23-14/h5-8,10,14H,3-4,9,11H2,1-2H3,(H,18,21). The van der Waals surface area contributed by atoms with Crippen molar-refractivity contribution in [3.63, 3.8) is 0 Å². The maximum Gasteiger partial charge on any atom is 0.271 e. The van der Waals surface area contributed by atoms with Crippen LogP contribution in [0.1, 0.15) is 23.3 Å². The molecule has 1 saturated heterocycles. The van der Waals surface area contributed by atoms with E-state index in [4.69, 9.17) is 9.47 Å². The lowest BCUT2D eigenvalue weighted by atomic mass is 10.1. The van der Waals surface area contributed by atoms with Gasteiger partial charge in [0, 0.05) is 25.8 Å². The van der Waals surface area contributed by atoms with E-state index in [0.717, 1.165) is 36.5 Å². The topological polar surface area (TPSA) is 65.4 Å². The molecule has 1 atom stereocenters. The molecule has 23 heavy (non-hydrogen) atoms. The number of carbonyl (C=O) groups excluding carboxylic acids is 1.